The minimum Gasteiger partial charge on any atom is 1.00 e. The van der Waals surface area contributed by atoms with E-state index in [0.29, 0.717) is 0 Å². The van der Waals surface area contributed by atoms with Gasteiger partial charge in [-0.2, -0.15) is 0 Å². The Morgan fingerprint density at radius 3 is 0.750 bits per heavy atom. The zero-order chi connectivity index (χ0) is 0. The molecule has 0 rings (SSSR count). The second-order valence-electron chi connectivity index (χ2n) is 0. The van der Waals surface area contributed by atoms with Crippen molar-refractivity contribution in [3.05, 3.63) is 0 Å². The van der Waals surface area contributed by atoms with Gasteiger partial charge in [-0.1, -0.05) is 0 Å². The molecule has 0 bridgehead atoms. The molecule has 0 fully saturated rings. The molecule has 0 amide bonds. The van der Waals surface area contributed by atoms with Gasteiger partial charge in [0.2, 0.25) is 0 Å². The maximum Gasteiger partial charge on any atom is 1.00 e. The van der Waals surface area contributed by atoms with Gasteiger partial charge in [-0.05, 0) is 0 Å². The van der Waals surface area contributed by atoms with Crippen LogP contribution in [-0.2, 0) is 0 Å². The zero-order valence-corrected chi connectivity index (χ0v) is 7.35. The first-order valence-electron chi connectivity index (χ1n) is 0. The maximum atomic E-state index is 0. The standard InChI is InChI=1S/AsH3.3ClH/h1H3;3*1H/p+1. The molecule has 0 radical (unpaired) electrons. The average Bonchev–Trinajstić information content (AvgIpc) is 0. The van der Waals surface area contributed by atoms with E-state index in [4.69, 9.17) is 0 Å². The van der Waals surface area contributed by atoms with Crippen LogP contribution in [0.3, 0.4) is 0 Å². The fraction of sp³-hybridized carbons (Fsp3) is 0. The average molecular weight is 188 g/mol. The molecule has 0 aliphatic carbocycles. The molecule has 0 spiro atoms. The SMILES string of the molecule is Cl.Cl.Cl.[AsH3].[H+]. The van der Waals surface area contributed by atoms with Crippen LogP contribution in [0, 0.1) is 0 Å². The van der Waals surface area contributed by atoms with Gasteiger partial charge in [0.15, 0.2) is 0 Å². The molecule has 0 aliphatic heterocycles. The summed E-state index contributed by atoms with van der Waals surface area (Å²) in [6.45, 7) is 0. The second kappa shape index (κ2) is 25.5. The monoisotopic (exact) mass is 187 g/mol. The van der Waals surface area contributed by atoms with Gasteiger partial charge in [0.1, 0.15) is 0 Å². The summed E-state index contributed by atoms with van der Waals surface area (Å²) in [5.74, 6) is 0. The molecule has 0 aromatic carbocycles. The Hall–Kier alpha value is 1.43. The van der Waals surface area contributed by atoms with Gasteiger partial charge < -0.3 is 0 Å². The molecule has 0 aliphatic rings. The van der Waals surface area contributed by atoms with Crippen molar-refractivity contribution in [3.63, 3.8) is 0 Å². The summed E-state index contributed by atoms with van der Waals surface area (Å²) in [6, 6.07) is 0. The molecule has 4 heavy (non-hydrogen) atoms. The van der Waals surface area contributed by atoms with E-state index in [1.54, 1.807) is 0 Å². The first kappa shape index (κ1) is 52.2. The van der Waals surface area contributed by atoms with Crippen LogP contribution in [0.25, 0.3) is 0 Å². The van der Waals surface area contributed by atoms with Crippen LogP contribution >= 0.6 is 37.2 Å². The fourth-order valence-electron chi connectivity index (χ4n) is 0. The third-order valence-electron chi connectivity index (χ3n) is 0. The molecule has 0 nitrogen and oxygen atoms in total. The van der Waals surface area contributed by atoms with Gasteiger partial charge in [0.05, 0.1) is 0 Å². The van der Waals surface area contributed by atoms with E-state index < -0.39 is 0 Å². The summed E-state index contributed by atoms with van der Waals surface area (Å²) in [4.78, 5) is 0. The quantitative estimate of drug-likeness (QED) is 0.476. The van der Waals surface area contributed by atoms with Crippen molar-refractivity contribution in [1.82, 2.24) is 0 Å². The van der Waals surface area contributed by atoms with Gasteiger partial charge in [0, 0.05) is 0 Å². The molecule has 1 atom stereocenters. The Kier molecular flexibility index (Phi) is 333. The van der Waals surface area contributed by atoms with Crippen molar-refractivity contribution in [2.24, 2.45) is 0 Å². The minimum atomic E-state index is 0. The Bertz CT molecular complexity index is 6.85. The minimum absolute atomic E-state index is 0. The van der Waals surface area contributed by atoms with E-state index in [1.807, 2.05) is 0 Å². The Morgan fingerprint density at radius 2 is 0.750 bits per heavy atom. The molecule has 0 aromatic rings. The second-order valence-corrected chi connectivity index (χ2v) is 0. The van der Waals surface area contributed by atoms with Gasteiger partial charge >= 0.3 is 19.4 Å². The Labute approximate surface area is 56.7 Å². The molecule has 0 saturated heterocycles. The van der Waals surface area contributed by atoms with Crippen LogP contribution < -0.4 is 0 Å². The molecule has 32 valence electrons. The van der Waals surface area contributed by atoms with Gasteiger partial charge in [0.25, 0.3) is 0 Å². The van der Waals surface area contributed by atoms with Crippen molar-refractivity contribution >= 4 is 55.2 Å². The zero-order valence-electron chi connectivity index (χ0n) is 2.93. The maximum absolute atomic E-state index is 0. The van der Waals surface area contributed by atoms with E-state index in [2.05, 4.69) is 0 Å². The predicted octanol–water partition coefficient (Wildman–Crippen LogP) is 0.194. The van der Waals surface area contributed by atoms with Gasteiger partial charge in [-0.3, -0.25) is 0 Å². The van der Waals surface area contributed by atoms with Gasteiger partial charge in [-0.25, -0.2) is 0 Å². The number of hydrogen-bond acceptors (Lipinski definition) is 0. The first-order chi connectivity index (χ1) is 0. The van der Waals surface area contributed by atoms with Crippen molar-refractivity contribution < 1.29 is 1.43 Å². The van der Waals surface area contributed by atoms with Crippen molar-refractivity contribution in [2.45, 2.75) is 0 Å². The van der Waals surface area contributed by atoms with E-state index in [9.17, 15) is 0 Å². The van der Waals surface area contributed by atoms with E-state index >= 15 is 0 Å². The molecule has 0 saturated carbocycles. The van der Waals surface area contributed by atoms with Crippen molar-refractivity contribution in [2.75, 3.05) is 0 Å². The molecule has 0 N–H and O–H groups in total. The molecular weight excluding hydrogens is 181 g/mol. The van der Waals surface area contributed by atoms with E-state index in [1.165, 1.54) is 0 Å². The Morgan fingerprint density at radius 1 is 0.750 bits per heavy atom. The summed E-state index contributed by atoms with van der Waals surface area (Å²) in [5.41, 5.74) is 0. The molecular formula is H7AsCl3+. The molecule has 0 heterocycles. The topological polar surface area (TPSA) is 0 Å². The number of rotatable bonds is 0. The summed E-state index contributed by atoms with van der Waals surface area (Å²) in [7, 11) is 0. The smallest absolute Gasteiger partial charge is 1.00 e. The summed E-state index contributed by atoms with van der Waals surface area (Å²) < 4.78 is 0. The summed E-state index contributed by atoms with van der Waals surface area (Å²) >= 11 is 0. The van der Waals surface area contributed by atoms with Crippen LogP contribution in [0.2, 0.25) is 0 Å². The third-order valence-corrected chi connectivity index (χ3v) is 0. The number of halogens is 3. The van der Waals surface area contributed by atoms with Crippen molar-refractivity contribution in [3.8, 4) is 0 Å². The molecule has 1 unspecified atom stereocenters. The van der Waals surface area contributed by atoms with Crippen LogP contribution in [0.5, 0.6) is 0 Å². The van der Waals surface area contributed by atoms with Crippen LogP contribution in [0.1, 0.15) is 1.43 Å². The fourth-order valence-corrected chi connectivity index (χ4v) is 0. The summed E-state index contributed by atoms with van der Waals surface area (Å²) in [6.07, 6.45) is 0. The van der Waals surface area contributed by atoms with Crippen LogP contribution in [0.4, 0.5) is 0 Å². The first-order valence-corrected chi connectivity index (χ1v) is 0. The summed E-state index contributed by atoms with van der Waals surface area (Å²) in [5, 5.41) is 0. The number of hydrogen-bond donors (Lipinski definition) is 0. The normalized spacial score (nSPS) is 0. The Balaban J connectivity index is 0. The predicted molar refractivity (Wildman–Crippen MR) is 32.8 cm³/mol. The third kappa shape index (κ3) is 9.91. The van der Waals surface area contributed by atoms with Crippen LogP contribution in [-0.4, -0.2) is 18.0 Å². The van der Waals surface area contributed by atoms with E-state index in [-0.39, 0.29) is 56.6 Å². The van der Waals surface area contributed by atoms with Gasteiger partial charge in [-0.15, -0.1) is 37.2 Å². The van der Waals surface area contributed by atoms with Crippen LogP contribution in [0.15, 0.2) is 0 Å². The van der Waals surface area contributed by atoms with Crippen molar-refractivity contribution in [1.29, 1.82) is 0 Å². The van der Waals surface area contributed by atoms with E-state index in [0.717, 1.165) is 0 Å². The largest absolute Gasteiger partial charge is 1.00 e. The molecule has 4 heteroatoms. The molecule has 0 aromatic heterocycles.